The monoisotopic (exact) mass is 351 g/mol. The number of rotatable bonds is 5. The second-order valence-corrected chi connectivity index (χ2v) is 6.82. The van der Waals surface area contributed by atoms with Crippen molar-refractivity contribution in [2.45, 2.75) is 31.3 Å². The van der Waals surface area contributed by atoms with Gasteiger partial charge in [0.15, 0.2) is 11.6 Å². The average molecular weight is 351 g/mol. The Morgan fingerprint density at radius 3 is 2.76 bits per heavy atom. The first-order chi connectivity index (χ1) is 12.1. The fourth-order valence-electron chi connectivity index (χ4n) is 4.08. The van der Waals surface area contributed by atoms with Crippen LogP contribution in [-0.2, 0) is 9.47 Å². The number of halogens is 1. The van der Waals surface area contributed by atoms with Crippen molar-refractivity contribution < 1.29 is 23.4 Å². The zero-order chi connectivity index (χ0) is 17.9. The van der Waals surface area contributed by atoms with Crippen molar-refractivity contribution >= 4 is 5.91 Å². The van der Waals surface area contributed by atoms with Crippen LogP contribution in [0.5, 0.6) is 5.75 Å². The minimum atomic E-state index is -0.513. The molecule has 0 saturated carbocycles. The van der Waals surface area contributed by atoms with Gasteiger partial charge in [0, 0.05) is 39.0 Å². The molecule has 2 heterocycles. The van der Waals surface area contributed by atoms with Gasteiger partial charge in [-0.05, 0) is 49.8 Å². The van der Waals surface area contributed by atoms with Crippen molar-refractivity contribution in [1.29, 1.82) is 0 Å². The molecule has 0 unspecified atom stereocenters. The lowest BCUT2D eigenvalue weighted by Gasteiger charge is -2.42. The Kier molecular flexibility index (Phi) is 5.59. The molecule has 138 valence electrons. The lowest BCUT2D eigenvalue weighted by molar-refractivity contribution is -0.0661. The summed E-state index contributed by atoms with van der Waals surface area (Å²) in [6, 6.07) is 4.36. The van der Waals surface area contributed by atoms with Gasteiger partial charge in [-0.3, -0.25) is 4.79 Å². The summed E-state index contributed by atoms with van der Waals surface area (Å²) < 4.78 is 30.1. The summed E-state index contributed by atoms with van der Waals surface area (Å²) in [6.45, 7) is 2.79. The Balaban J connectivity index is 1.63. The summed E-state index contributed by atoms with van der Waals surface area (Å²) in [7, 11) is 3.13. The van der Waals surface area contributed by atoms with Crippen LogP contribution >= 0.6 is 0 Å². The molecular formula is C19H26FNO4. The van der Waals surface area contributed by atoms with Crippen LogP contribution in [0, 0.1) is 11.7 Å². The van der Waals surface area contributed by atoms with E-state index in [1.165, 1.54) is 19.2 Å². The Bertz CT molecular complexity index is 613. The number of amides is 1. The highest BCUT2D eigenvalue weighted by Crippen LogP contribution is 2.42. The average Bonchev–Trinajstić information content (AvgIpc) is 3.02. The lowest BCUT2D eigenvalue weighted by Crippen LogP contribution is -2.49. The van der Waals surface area contributed by atoms with Gasteiger partial charge in [-0.2, -0.15) is 0 Å². The number of piperidine rings is 1. The fraction of sp³-hybridized carbons (Fsp3) is 0.632. The molecule has 2 fully saturated rings. The normalized spacial score (nSPS) is 22.4. The van der Waals surface area contributed by atoms with E-state index in [1.54, 1.807) is 18.1 Å². The van der Waals surface area contributed by atoms with E-state index in [0.29, 0.717) is 24.6 Å². The van der Waals surface area contributed by atoms with Crippen molar-refractivity contribution in [3.8, 4) is 5.75 Å². The first-order valence-electron chi connectivity index (χ1n) is 8.85. The number of likely N-dealkylation sites (tertiary alicyclic amines) is 1. The highest BCUT2D eigenvalue weighted by Gasteiger charge is 2.46. The molecule has 0 bridgehead atoms. The number of benzene rings is 1. The summed E-state index contributed by atoms with van der Waals surface area (Å²) in [5.41, 5.74) is 0.234. The molecule has 25 heavy (non-hydrogen) atoms. The van der Waals surface area contributed by atoms with Crippen LogP contribution in [0.1, 0.15) is 36.0 Å². The van der Waals surface area contributed by atoms with E-state index in [2.05, 4.69) is 0 Å². The summed E-state index contributed by atoms with van der Waals surface area (Å²) in [4.78, 5) is 14.5. The van der Waals surface area contributed by atoms with Crippen LogP contribution in [0.4, 0.5) is 4.39 Å². The lowest BCUT2D eigenvalue weighted by atomic mass is 9.78. The van der Waals surface area contributed by atoms with Crippen LogP contribution in [0.2, 0.25) is 0 Å². The molecule has 2 saturated heterocycles. The maximum absolute atomic E-state index is 13.9. The molecule has 2 aliphatic rings. The second kappa shape index (κ2) is 7.70. The Morgan fingerprint density at radius 1 is 1.36 bits per heavy atom. The van der Waals surface area contributed by atoms with E-state index in [0.717, 1.165) is 38.9 Å². The van der Waals surface area contributed by atoms with Crippen molar-refractivity contribution in [1.82, 2.24) is 4.90 Å². The molecule has 0 aromatic heterocycles. The minimum Gasteiger partial charge on any atom is -0.494 e. The maximum atomic E-state index is 13.9. The molecular weight excluding hydrogens is 325 g/mol. The van der Waals surface area contributed by atoms with Crippen LogP contribution in [0.3, 0.4) is 0 Å². The third-order valence-corrected chi connectivity index (χ3v) is 5.57. The molecule has 1 amide bonds. The number of hydrogen-bond donors (Lipinski definition) is 0. The zero-order valence-electron chi connectivity index (χ0n) is 14.9. The standard InChI is InChI=1S/C19H26FNO4/c1-23-11-5-15-6-12-25-19(15)7-9-21(10-8-19)18(22)14-3-4-17(24-2)16(20)13-14/h3-4,13,15H,5-12H2,1-2H3/t15-/m1/s1. The van der Waals surface area contributed by atoms with Gasteiger partial charge in [0.1, 0.15) is 0 Å². The van der Waals surface area contributed by atoms with E-state index in [-0.39, 0.29) is 17.3 Å². The molecule has 0 N–H and O–H groups in total. The molecule has 0 radical (unpaired) electrons. The maximum Gasteiger partial charge on any atom is 0.253 e. The molecule has 1 spiro atoms. The number of methoxy groups -OCH3 is 2. The van der Waals surface area contributed by atoms with Gasteiger partial charge in [0.25, 0.3) is 5.91 Å². The number of carbonyl (C=O) groups is 1. The van der Waals surface area contributed by atoms with Gasteiger partial charge in [0.05, 0.1) is 12.7 Å². The van der Waals surface area contributed by atoms with Gasteiger partial charge >= 0.3 is 0 Å². The van der Waals surface area contributed by atoms with E-state index >= 15 is 0 Å². The van der Waals surface area contributed by atoms with E-state index < -0.39 is 5.82 Å². The Labute approximate surface area is 148 Å². The minimum absolute atomic E-state index is 0.125. The van der Waals surface area contributed by atoms with Gasteiger partial charge in [-0.1, -0.05) is 0 Å². The van der Waals surface area contributed by atoms with Gasteiger partial charge in [0.2, 0.25) is 0 Å². The van der Waals surface area contributed by atoms with Gasteiger partial charge < -0.3 is 19.1 Å². The largest absolute Gasteiger partial charge is 0.494 e. The molecule has 1 atom stereocenters. The Morgan fingerprint density at radius 2 is 2.12 bits per heavy atom. The van der Waals surface area contributed by atoms with Crippen molar-refractivity contribution in [2.24, 2.45) is 5.92 Å². The first-order valence-corrected chi connectivity index (χ1v) is 8.85. The summed E-state index contributed by atoms with van der Waals surface area (Å²) in [6.07, 6.45) is 3.70. The van der Waals surface area contributed by atoms with Crippen molar-refractivity contribution in [3.05, 3.63) is 29.6 Å². The predicted octanol–water partition coefficient (Wildman–Crippen LogP) is 2.88. The summed E-state index contributed by atoms with van der Waals surface area (Å²) in [5, 5.41) is 0. The second-order valence-electron chi connectivity index (χ2n) is 6.82. The zero-order valence-corrected chi connectivity index (χ0v) is 14.9. The third-order valence-electron chi connectivity index (χ3n) is 5.57. The van der Waals surface area contributed by atoms with Gasteiger partial charge in [-0.25, -0.2) is 4.39 Å². The predicted molar refractivity (Wildman–Crippen MR) is 91.4 cm³/mol. The van der Waals surface area contributed by atoms with Crippen LogP contribution in [-0.4, -0.2) is 56.9 Å². The molecule has 5 nitrogen and oxygen atoms in total. The quantitative estimate of drug-likeness (QED) is 0.818. The molecule has 3 rings (SSSR count). The Hall–Kier alpha value is -1.66. The summed E-state index contributed by atoms with van der Waals surface area (Å²) >= 11 is 0. The number of hydrogen-bond acceptors (Lipinski definition) is 4. The smallest absolute Gasteiger partial charge is 0.253 e. The summed E-state index contributed by atoms with van der Waals surface area (Å²) in [5.74, 6) is -0.0129. The third kappa shape index (κ3) is 3.65. The molecule has 6 heteroatoms. The van der Waals surface area contributed by atoms with Crippen LogP contribution in [0.15, 0.2) is 18.2 Å². The number of nitrogens with zero attached hydrogens (tertiary/aromatic N) is 1. The number of carbonyl (C=O) groups excluding carboxylic acids is 1. The van der Waals surface area contributed by atoms with Crippen LogP contribution in [0.25, 0.3) is 0 Å². The molecule has 1 aromatic rings. The molecule has 1 aromatic carbocycles. The van der Waals surface area contributed by atoms with Crippen molar-refractivity contribution in [2.75, 3.05) is 40.5 Å². The van der Waals surface area contributed by atoms with Gasteiger partial charge in [-0.15, -0.1) is 0 Å². The van der Waals surface area contributed by atoms with E-state index in [4.69, 9.17) is 14.2 Å². The number of ether oxygens (including phenoxy) is 3. The molecule has 0 aliphatic carbocycles. The molecule has 2 aliphatic heterocycles. The van der Waals surface area contributed by atoms with E-state index in [9.17, 15) is 9.18 Å². The first kappa shape index (κ1) is 18.1. The fourth-order valence-corrected chi connectivity index (χ4v) is 4.08. The highest BCUT2D eigenvalue weighted by molar-refractivity contribution is 5.94. The topological polar surface area (TPSA) is 48.0 Å². The van der Waals surface area contributed by atoms with E-state index in [1.807, 2.05) is 0 Å². The SMILES string of the molecule is COCC[C@@H]1CCOC12CCN(C(=O)c1ccc(OC)c(F)c1)CC2. The van der Waals surface area contributed by atoms with Crippen molar-refractivity contribution in [3.63, 3.8) is 0 Å². The van der Waals surface area contributed by atoms with Crippen LogP contribution < -0.4 is 4.74 Å². The highest BCUT2D eigenvalue weighted by atomic mass is 19.1.